The fraction of sp³-hybridized carbons (Fsp3) is 0.906. The van der Waals surface area contributed by atoms with Crippen molar-refractivity contribution < 1.29 is 133 Å². The Hall–Kier alpha value is -2.43. The van der Waals surface area contributed by atoms with Gasteiger partial charge < -0.3 is 118 Å². The Morgan fingerprint density at radius 3 is 1.27 bits per heavy atom. The molecular formula is C32H52O27. The predicted octanol–water partition coefficient (Wildman–Crippen LogP) is -8.11. The maximum atomic E-state index is 11.5. The van der Waals surface area contributed by atoms with Gasteiger partial charge in [-0.05, 0) is 0 Å². The number of carboxylic acids is 3. The molecule has 27 heteroatoms. The molecule has 4 fully saturated rings. The van der Waals surface area contributed by atoms with Gasteiger partial charge in [0.2, 0.25) is 0 Å². The normalized spacial score (nSPS) is 43.0. The highest BCUT2D eigenvalue weighted by atomic mass is 16.8. The second-order valence-electron chi connectivity index (χ2n) is 13.7. The summed E-state index contributed by atoms with van der Waals surface area (Å²) in [5.74, 6) is -4.22. The van der Waals surface area contributed by atoms with E-state index < -0.39 is 187 Å². The van der Waals surface area contributed by atoms with Crippen LogP contribution < -0.4 is 0 Å². The number of aliphatic carboxylic acids is 3. The SMILES string of the molecule is CO[C@@H]1O[C@@H](COCC(=O)O)[C@@H](O[C@@H]2OC(CO)[C@@H](O[C@@H]3O[C@@H](CO)[C@@H](O[C@@H]4OC(COCC(=O)O)[C@@H](OC)[C@H](O)C4O)C(O)C3O)[C@H](O)C2OCC(=O)O)C(O)C1O. The molecule has 4 aliphatic heterocycles. The molecule has 4 rings (SSSR count). The van der Waals surface area contributed by atoms with Gasteiger partial charge in [-0.25, -0.2) is 14.4 Å². The molecule has 0 aromatic rings. The fourth-order valence-corrected chi connectivity index (χ4v) is 6.83. The van der Waals surface area contributed by atoms with Gasteiger partial charge in [-0.2, -0.15) is 0 Å². The summed E-state index contributed by atoms with van der Waals surface area (Å²) in [7, 11) is 2.31. The number of carbonyl (C=O) groups is 3. The Morgan fingerprint density at radius 1 is 0.441 bits per heavy atom. The zero-order chi connectivity index (χ0) is 43.7. The average molecular weight is 869 g/mol. The molecule has 20 atom stereocenters. The number of ether oxygens (including phenoxy) is 12. The number of aliphatic hydroxyl groups excluding tert-OH is 9. The lowest BCUT2D eigenvalue weighted by molar-refractivity contribution is -0.390. The Morgan fingerprint density at radius 2 is 0.814 bits per heavy atom. The van der Waals surface area contributed by atoms with E-state index in [4.69, 9.17) is 67.1 Å². The Balaban J connectivity index is 1.51. The third-order valence-electron chi connectivity index (χ3n) is 9.69. The number of rotatable bonds is 21. The molecule has 0 bridgehead atoms. The van der Waals surface area contributed by atoms with Crippen LogP contribution in [0, 0.1) is 0 Å². The molecule has 8 unspecified atom stereocenters. The molecule has 0 aromatic heterocycles. The first kappa shape index (κ1) is 49.2. The lowest BCUT2D eigenvalue weighted by atomic mass is 9.95. The summed E-state index contributed by atoms with van der Waals surface area (Å²) >= 11 is 0. The van der Waals surface area contributed by atoms with Crippen molar-refractivity contribution in [3.05, 3.63) is 0 Å². The molecule has 0 spiro atoms. The van der Waals surface area contributed by atoms with Crippen molar-refractivity contribution in [3.63, 3.8) is 0 Å². The second kappa shape index (κ2) is 22.6. The highest BCUT2D eigenvalue weighted by molar-refractivity contribution is 5.68. The van der Waals surface area contributed by atoms with Gasteiger partial charge in [0.15, 0.2) is 25.2 Å². The van der Waals surface area contributed by atoms with Gasteiger partial charge in [0.1, 0.15) is 117 Å². The first-order valence-electron chi connectivity index (χ1n) is 18.0. The van der Waals surface area contributed by atoms with Crippen LogP contribution in [0.1, 0.15) is 0 Å². The van der Waals surface area contributed by atoms with Gasteiger partial charge in [-0.15, -0.1) is 0 Å². The summed E-state index contributed by atoms with van der Waals surface area (Å²) < 4.78 is 65.6. The number of hydrogen-bond donors (Lipinski definition) is 12. The van der Waals surface area contributed by atoms with Crippen molar-refractivity contribution in [2.45, 2.75) is 123 Å². The molecule has 59 heavy (non-hydrogen) atoms. The van der Waals surface area contributed by atoms with Crippen LogP contribution >= 0.6 is 0 Å². The molecule has 4 aliphatic rings. The first-order chi connectivity index (χ1) is 28.0. The summed E-state index contributed by atoms with van der Waals surface area (Å²) in [4.78, 5) is 33.5. The molecule has 4 heterocycles. The molecule has 0 aliphatic carbocycles. The lowest BCUT2D eigenvalue weighted by Gasteiger charge is -2.49. The number of hydrogen-bond acceptors (Lipinski definition) is 24. The van der Waals surface area contributed by atoms with E-state index in [-0.39, 0.29) is 0 Å². The van der Waals surface area contributed by atoms with E-state index in [0.29, 0.717) is 0 Å². The summed E-state index contributed by atoms with van der Waals surface area (Å²) in [5.41, 5.74) is 0. The standard InChI is InChI=1S/C32H52O27/c1-48-24-12(5-50-7-14(35)36)56-31(21(45)17(24)41)57-25-10(3-33)53-30(22(46)19(25)43)58-26-11(4-34)54-32(28(23(26)47)52-9-16(39)40)59-27-13(6-51-8-15(37)38)55-29(49-2)20(44)18(27)42/h10-13,17-34,41-47H,3-9H2,1-2H3,(H,35,36)(H,37,38)(H,39,40)/t10-,11?,12?,13-,17+,18?,19?,20?,21?,22?,23-,24+,25+,26+,27+,28?,29+,30-,31-,32-/m0/s1. The third kappa shape index (κ3) is 12.1. The van der Waals surface area contributed by atoms with E-state index in [1.165, 1.54) is 7.11 Å². The van der Waals surface area contributed by atoms with Crippen molar-refractivity contribution in [3.8, 4) is 0 Å². The zero-order valence-electron chi connectivity index (χ0n) is 31.5. The van der Waals surface area contributed by atoms with Crippen molar-refractivity contribution in [1.82, 2.24) is 0 Å². The zero-order valence-corrected chi connectivity index (χ0v) is 31.5. The van der Waals surface area contributed by atoms with Crippen LogP contribution in [0.25, 0.3) is 0 Å². The highest BCUT2D eigenvalue weighted by Gasteiger charge is 2.56. The maximum Gasteiger partial charge on any atom is 0.329 e. The molecule has 0 amide bonds. The molecule has 342 valence electrons. The van der Waals surface area contributed by atoms with Crippen LogP contribution in [-0.4, -0.2) is 262 Å². The fourth-order valence-electron chi connectivity index (χ4n) is 6.83. The van der Waals surface area contributed by atoms with Crippen LogP contribution in [0.2, 0.25) is 0 Å². The van der Waals surface area contributed by atoms with Gasteiger partial charge in [0.05, 0.1) is 26.4 Å². The topological polar surface area (TPSA) is 405 Å². The van der Waals surface area contributed by atoms with Crippen LogP contribution in [0.3, 0.4) is 0 Å². The van der Waals surface area contributed by atoms with Crippen molar-refractivity contribution in [1.29, 1.82) is 0 Å². The second-order valence-corrected chi connectivity index (χ2v) is 13.7. The van der Waals surface area contributed by atoms with E-state index in [1.54, 1.807) is 0 Å². The molecule has 27 nitrogen and oxygen atoms in total. The molecular weight excluding hydrogens is 816 g/mol. The molecule has 0 saturated carbocycles. The Bertz CT molecular complexity index is 1330. The number of methoxy groups -OCH3 is 2. The predicted molar refractivity (Wildman–Crippen MR) is 178 cm³/mol. The number of aliphatic hydroxyl groups is 9. The number of carboxylic acid groups (broad SMARTS) is 3. The molecule has 12 N–H and O–H groups in total. The Labute approximate surface area is 333 Å². The van der Waals surface area contributed by atoms with Crippen molar-refractivity contribution in [2.24, 2.45) is 0 Å². The molecule has 0 radical (unpaired) electrons. The minimum Gasteiger partial charge on any atom is -0.480 e. The minimum absolute atomic E-state index is 0.464. The van der Waals surface area contributed by atoms with Gasteiger partial charge >= 0.3 is 17.9 Å². The summed E-state index contributed by atoms with van der Waals surface area (Å²) in [6, 6.07) is 0. The smallest absolute Gasteiger partial charge is 0.329 e. The summed E-state index contributed by atoms with van der Waals surface area (Å²) in [6.45, 7) is -5.64. The lowest BCUT2D eigenvalue weighted by Crippen LogP contribution is -2.68. The van der Waals surface area contributed by atoms with E-state index >= 15 is 0 Å². The van der Waals surface area contributed by atoms with Crippen LogP contribution in [0.4, 0.5) is 0 Å². The Kier molecular flexibility index (Phi) is 18.9. The van der Waals surface area contributed by atoms with Gasteiger partial charge in [-0.1, -0.05) is 0 Å². The monoisotopic (exact) mass is 868 g/mol. The molecule has 4 saturated heterocycles. The van der Waals surface area contributed by atoms with E-state index in [0.717, 1.165) is 7.11 Å². The van der Waals surface area contributed by atoms with E-state index in [9.17, 15) is 65.4 Å². The van der Waals surface area contributed by atoms with Crippen molar-refractivity contribution >= 4 is 17.9 Å². The van der Waals surface area contributed by atoms with Gasteiger partial charge in [0, 0.05) is 14.2 Å². The maximum absolute atomic E-state index is 11.5. The summed E-state index contributed by atoms with van der Waals surface area (Å²) in [6.07, 6.45) is -34.9. The highest BCUT2D eigenvalue weighted by Crippen LogP contribution is 2.35. The van der Waals surface area contributed by atoms with E-state index in [2.05, 4.69) is 0 Å². The van der Waals surface area contributed by atoms with Crippen LogP contribution in [0.5, 0.6) is 0 Å². The average Bonchev–Trinajstić information content (AvgIpc) is 3.19. The molecule has 0 aromatic carbocycles. The first-order valence-corrected chi connectivity index (χ1v) is 18.0. The summed E-state index contributed by atoms with van der Waals surface area (Å²) in [5, 5.41) is 125. The van der Waals surface area contributed by atoms with Gasteiger partial charge in [-0.3, -0.25) is 0 Å². The quantitative estimate of drug-likeness (QED) is 0.0510. The van der Waals surface area contributed by atoms with Crippen LogP contribution in [0.15, 0.2) is 0 Å². The van der Waals surface area contributed by atoms with Crippen LogP contribution in [-0.2, 0) is 71.2 Å². The van der Waals surface area contributed by atoms with E-state index in [1.807, 2.05) is 0 Å². The van der Waals surface area contributed by atoms with Gasteiger partial charge in [0.25, 0.3) is 0 Å². The third-order valence-corrected chi connectivity index (χ3v) is 9.69. The van der Waals surface area contributed by atoms with Crippen molar-refractivity contribution in [2.75, 3.05) is 60.5 Å². The minimum atomic E-state index is -2.12. The largest absolute Gasteiger partial charge is 0.480 e.